The number of nitrogens with one attached hydrogen (secondary N) is 1. The van der Waals surface area contributed by atoms with Crippen molar-refractivity contribution in [1.29, 1.82) is 0 Å². The zero-order valence-electron chi connectivity index (χ0n) is 21.5. The monoisotopic (exact) mass is 481 g/mol. The van der Waals surface area contributed by atoms with Gasteiger partial charge in [0.25, 0.3) is 5.65 Å². The maximum Gasteiger partial charge on any atom is 0.322 e. The molecule has 5 aromatic rings. The number of fused-ring (bicyclic) bond motifs is 4. The number of benzene rings is 2. The van der Waals surface area contributed by atoms with Crippen molar-refractivity contribution in [3.63, 3.8) is 0 Å². The number of hydrogen-bond donors (Lipinski definition) is 0. The van der Waals surface area contributed by atoms with Gasteiger partial charge in [0.05, 0.1) is 23.8 Å². The molecule has 0 atom stereocenters. The Balaban J connectivity index is 1.64. The van der Waals surface area contributed by atoms with Crippen molar-refractivity contribution in [1.82, 2.24) is 19.2 Å². The number of aromatic nitrogens is 5. The standard InChI is InChI=1S/C29H32N6O/c1-5-6-7-10-17-34-19-30-26-24(28(34)36)25-27(33-23-12-9-8-11-22(23)32-25)35(26)31-18-20-13-15-21(16-14-20)29(2,3)4/h8-9,11-16,18-19H,5-7,10,17H2,1-4H3/p+1/b31-18+. The Labute approximate surface area is 210 Å². The fraction of sp³-hybridized carbons (Fsp3) is 0.345. The second-order valence-electron chi connectivity index (χ2n) is 10.4. The molecule has 0 unspecified atom stereocenters. The molecule has 184 valence electrons. The third-order valence-corrected chi connectivity index (χ3v) is 6.62. The normalized spacial score (nSPS) is 12.4. The zero-order valence-corrected chi connectivity index (χ0v) is 21.5. The number of para-hydroxylation sites is 2. The number of hydrogen-bond acceptors (Lipinski definition) is 4. The minimum atomic E-state index is -0.0710. The van der Waals surface area contributed by atoms with Gasteiger partial charge in [-0.15, -0.1) is 9.78 Å². The maximum atomic E-state index is 13.6. The van der Waals surface area contributed by atoms with Gasteiger partial charge in [-0.3, -0.25) is 0 Å². The minimum Gasteiger partial charge on any atom is -0.250 e. The van der Waals surface area contributed by atoms with Crippen LogP contribution in [-0.4, -0.2) is 25.4 Å². The van der Waals surface area contributed by atoms with E-state index in [0.29, 0.717) is 28.7 Å². The molecule has 7 nitrogen and oxygen atoms in total. The lowest BCUT2D eigenvalue weighted by molar-refractivity contribution is -0.357. The molecule has 0 saturated carbocycles. The van der Waals surface area contributed by atoms with Crippen LogP contribution in [0.25, 0.3) is 33.2 Å². The first-order valence-electron chi connectivity index (χ1n) is 12.7. The zero-order chi connectivity index (χ0) is 25.3. The molecule has 0 aliphatic rings. The minimum absolute atomic E-state index is 0.0710. The maximum absolute atomic E-state index is 13.6. The van der Waals surface area contributed by atoms with E-state index in [4.69, 9.17) is 15.1 Å². The third kappa shape index (κ3) is 4.53. The Bertz CT molecular complexity index is 1620. The predicted molar refractivity (Wildman–Crippen MR) is 146 cm³/mol. The average Bonchev–Trinajstić information content (AvgIpc) is 3.17. The van der Waals surface area contributed by atoms with Crippen molar-refractivity contribution in [2.24, 2.45) is 5.10 Å². The lowest BCUT2D eigenvalue weighted by Gasteiger charge is -2.18. The van der Waals surface area contributed by atoms with Crippen LogP contribution in [0.1, 0.15) is 64.5 Å². The Morgan fingerprint density at radius 3 is 2.39 bits per heavy atom. The molecule has 36 heavy (non-hydrogen) atoms. The van der Waals surface area contributed by atoms with E-state index in [1.165, 1.54) is 12.0 Å². The predicted octanol–water partition coefficient (Wildman–Crippen LogP) is 5.47. The van der Waals surface area contributed by atoms with Crippen LogP contribution in [-0.2, 0) is 12.0 Å². The molecule has 3 heterocycles. The van der Waals surface area contributed by atoms with Crippen LogP contribution in [0, 0.1) is 0 Å². The van der Waals surface area contributed by atoms with E-state index in [1.54, 1.807) is 21.8 Å². The first kappa shape index (κ1) is 23.9. The highest BCUT2D eigenvalue weighted by atomic mass is 16.1. The van der Waals surface area contributed by atoms with E-state index in [1.807, 2.05) is 24.3 Å². The number of aryl methyl sites for hydroxylation is 1. The number of rotatable bonds is 7. The lowest BCUT2D eigenvalue weighted by Crippen LogP contribution is -2.26. The highest BCUT2D eigenvalue weighted by Crippen LogP contribution is 2.24. The van der Waals surface area contributed by atoms with Crippen molar-refractivity contribution < 1.29 is 4.98 Å². The van der Waals surface area contributed by atoms with Gasteiger partial charge in [0.15, 0.2) is 11.7 Å². The summed E-state index contributed by atoms with van der Waals surface area (Å²) in [6.07, 6.45) is 7.94. The van der Waals surface area contributed by atoms with Gasteiger partial charge in [0.2, 0.25) is 5.65 Å². The lowest BCUT2D eigenvalue weighted by atomic mass is 9.87. The van der Waals surface area contributed by atoms with Gasteiger partial charge in [-0.2, -0.15) is 0 Å². The van der Waals surface area contributed by atoms with Crippen LogP contribution in [0.2, 0.25) is 0 Å². The second-order valence-corrected chi connectivity index (χ2v) is 10.4. The molecule has 1 N–H and O–H groups in total. The van der Waals surface area contributed by atoms with E-state index in [9.17, 15) is 4.79 Å². The molecule has 0 bridgehead atoms. The summed E-state index contributed by atoms with van der Waals surface area (Å²) in [4.78, 5) is 26.6. The molecular weight excluding hydrogens is 448 g/mol. The Morgan fingerprint density at radius 1 is 0.972 bits per heavy atom. The highest BCUT2D eigenvalue weighted by molar-refractivity contribution is 6.03. The summed E-state index contributed by atoms with van der Waals surface area (Å²) < 4.78 is 3.44. The van der Waals surface area contributed by atoms with Crippen LogP contribution in [0.15, 0.2) is 64.8 Å². The van der Waals surface area contributed by atoms with E-state index in [-0.39, 0.29) is 11.0 Å². The summed E-state index contributed by atoms with van der Waals surface area (Å²) in [6, 6.07) is 16.1. The number of nitrogens with zero attached hydrogens (tertiary/aromatic N) is 5. The molecule has 5 rings (SSSR count). The van der Waals surface area contributed by atoms with E-state index in [0.717, 1.165) is 35.9 Å². The fourth-order valence-corrected chi connectivity index (χ4v) is 4.49. The smallest absolute Gasteiger partial charge is 0.250 e. The van der Waals surface area contributed by atoms with E-state index in [2.05, 4.69) is 56.9 Å². The molecule has 0 amide bonds. The second kappa shape index (κ2) is 9.64. The Hall–Kier alpha value is -3.87. The third-order valence-electron chi connectivity index (χ3n) is 6.62. The van der Waals surface area contributed by atoms with E-state index < -0.39 is 0 Å². The molecule has 3 aromatic heterocycles. The quantitative estimate of drug-likeness (QED) is 0.228. The van der Waals surface area contributed by atoms with Gasteiger partial charge in [0, 0.05) is 0 Å². The topological polar surface area (TPSA) is 79.2 Å². The van der Waals surface area contributed by atoms with Crippen LogP contribution < -0.4 is 10.5 Å². The molecule has 0 radical (unpaired) electrons. The SMILES string of the molecule is CCCCCCn1c[nH+]c2c(c1=O)c1nc3ccccc3nc1n2/N=C/c1ccc(C(C)(C)C)cc1. The van der Waals surface area contributed by atoms with Crippen molar-refractivity contribution in [3.05, 3.63) is 76.3 Å². The van der Waals surface area contributed by atoms with Crippen LogP contribution in [0.5, 0.6) is 0 Å². The Morgan fingerprint density at radius 2 is 1.69 bits per heavy atom. The molecule has 0 fully saturated rings. The average molecular weight is 482 g/mol. The van der Waals surface area contributed by atoms with Gasteiger partial charge in [-0.25, -0.2) is 24.3 Å². The summed E-state index contributed by atoms with van der Waals surface area (Å²) in [5.74, 6) is 0. The summed E-state index contributed by atoms with van der Waals surface area (Å²) in [7, 11) is 0. The van der Waals surface area contributed by atoms with Crippen LogP contribution in [0.3, 0.4) is 0 Å². The molecule has 0 aliphatic heterocycles. The molecule has 0 aliphatic carbocycles. The molecule has 7 heteroatoms. The first-order chi connectivity index (χ1) is 17.4. The summed E-state index contributed by atoms with van der Waals surface area (Å²) in [5.41, 5.74) is 5.48. The van der Waals surface area contributed by atoms with Gasteiger partial charge in [-0.1, -0.05) is 83.4 Å². The van der Waals surface area contributed by atoms with Crippen LogP contribution >= 0.6 is 0 Å². The number of aromatic amines is 1. The first-order valence-corrected chi connectivity index (χ1v) is 12.7. The van der Waals surface area contributed by atoms with Crippen molar-refractivity contribution >= 4 is 39.4 Å². The number of H-pyrrole nitrogens is 1. The molecule has 0 spiro atoms. The van der Waals surface area contributed by atoms with Gasteiger partial charge in [0.1, 0.15) is 5.52 Å². The number of unbranched alkanes of at least 4 members (excludes halogenated alkanes) is 3. The summed E-state index contributed by atoms with van der Waals surface area (Å²) in [6.45, 7) is 9.45. The highest BCUT2D eigenvalue weighted by Gasteiger charge is 2.24. The van der Waals surface area contributed by atoms with Crippen molar-refractivity contribution in [2.45, 2.75) is 65.3 Å². The molecule has 2 aromatic carbocycles. The van der Waals surface area contributed by atoms with Gasteiger partial charge in [-0.05, 0) is 35.1 Å². The fourth-order valence-electron chi connectivity index (χ4n) is 4.49. The Kier molecular flexibility index (Phi) is 6.39. The largest absolute Gasteiger partial charge is 0.322 e. The molecular formula is C29H33N6O+. The van der Waals surface area contributed by atoms with Gasteiger partial charge < -0.3 is 0 Å². The van der Waals surface area contributed by atoms with Crippen molar-refractivity contribution in [3.8, 4) is 0 Å². The van der Waals surface area contributed by atoms with Gasteiger partial charge >= 0.3 is 5.56 Å². The van der Waals surface area contributed by atoms with Crippen LogP contribution in [0.4, 0.5) is 0 Å². The summed E-state index contributed by atoms with van der Waals surface area (Å²) in [5, 5.41) is 5.27. The van der Waals surface area contributed by atoms with E-state index >= 15 is 0 Å². The van der Waals surface area contributed by atoms with Crippen molar-refractivity contribution in [2.75, 3.05) is 0 Å². The summed E-state index contributed by atoms with van der Waals surface area (Å²) >= 11 is 0. The molecule has 0 saturated heterocycles.